The number of hydrogen-bond donors (Lipinski definition) is 1. The summed E-state index contributed by atoms with van der Waals surface area (Å²) in [4.78, 5) is 0.992. The molecule has 1 aromatic heterocycles. The Balaban J connectivity index is 1.69. The SMILES string of the molecule is CCS(=O)(=O)Nc1ccc(C2=NN(S(=O)(=O)c3ccc(Cl)cc3)C(c3cccs3)C2)cc1. The molecule has 4 rings (SSSR count). The summed E-state index contributed by atoms with van der Waals surface area (Å²) in [6, 6.07) is 16.0. The Hall–Kier alpha value is -2.40. The van der Waals surface area contributed by atoms with Gasteiger partial charge in [0, 0.05) is 22.0 Å². The Morgan fingerprint density at radius 2 is 1.75 bits per heavy atom. The van der Waals surface area contributed by atoms with Gasteiger partial charge in [-0.25, -0.2) is 8.42 Å². The zero-order chi connectivity index (χ0) is 22.9. The highest BCUT2D eigenvalue weighted by Gasteiger charge is 2.38. The average molecular weight is 510 g/mol. The Morgan fingerprint density at radius 1 is 1.06 bits per heavy atom. The van der Waals surface area contributed by atoms with Gasteiger partial charge in [0.1, 0.15) is 6.04 Å². The lowest BCUT2D eigenvalue weighted by atomic mass is 10.0. The summed E-state index contributed by atoms with van der Waals surface area (Å²) < 4.78 is 54.0. The van der Waals surface area contributed by atoms with Gasteiger partial charge in [-0.2, -0.15) is 17.9 Å². The predicted octanol–water partition coefficient (Wildman–Crippen LogP) is 4.70. The second-order valence-corrected chi connectivity index (χ2v) is 12.3. The maximum atomic E-state index is 13.4. The van der Waals surface area contributed by atoms with Crippen molar-refractivity contribution in [2.24, 2.45) is 5.10 Å². The van der Waals surface area contributed by atoms with Gasteiger partial charge in [-0.15, -0.1) is 11.3 Å². The van der Waals surface area contributed by atoms with E-state index in [-0.39, 0.29) is 10.6 Å². The molecule has 1 N–H and O–H groups in total. The van der Waals surface area contributed by atoms with E-state index in [1.165, 1.54) is 35.6 Å². The fourth-order valence-electron chi connectivity index (χ4n) is 3.27. The number of thiophene rings is 1. The molecule has 3 aromatic rings. The van der Waals surface area contributed by atoms with Gasteiger partial charge in [0.05, 0.1) is 16.4 Å². The Kier molecular flexibility index (Phi) is 6.30. The molecule has 1 aliphatic rings. The molecule has 11 heteroatoms. The third kappa shape index (κ3) is 4.68. The van der Waals surface area contributed by atoms with E-state index in [4.69, 9.17) is 11.6 Å². The molecule has 0 amide bonds. The lowest BCUT2D eigenvalue weighted by molar-refractivity contribution is 0.375. The number of rotatable bonds is 7. The van der Waals surface area contributed by atoms with Gasteiger partial charge in [-0.3, -0.25) is 4.72 Å². The fraction of sp³-hybridized carbons (Fsp3) is 0.190. The first kappa shape index (κ1) is 22.8. The van der Waals surface area contributed by atoms with Crippen LogP contribution in [0.1, 0.15) is 29.8 Å². The van der Waals surface area contributed by atoms with E-state index in [9.17, 15) is 16.8 Å². The van der Waals surface area contributed by atoms with Crippen LogP contribution in [0.4, 0.5) is 5.69 Å². The summed E-state index contributed by atoms with van der Waals surface area (Å²) in [5.74, 6) is -0.0263. The number of hydrazone groups is 1. The van der Waals surface area contributed by atoms with E-state index in [1.807, 2.05) is 17.5 Å². The van der Waals surface area contributed by atoms with Gasteiger partial charge >= 0.3 is 0 Å². The number of anilines is 1. The van der Waals surface area contributed by atoms with Gasteiger partial charge in [0.25, 0.3) is 10.0 Å². The number of nitrogens with one attached hydrogen (secondary N) is 1. The largest absolute Gasteiger partial charge is 0.284 e. The summed E-state index contributed by atoms with van der Waals surface area (Å²) in [5, 5.41) is 6.83. The van der Waals surface area contributed by atoms with Crippen LogP contribution in [0.15, 0.2) is 76.0 Å². The first-order valence-electron chi connectivity index (χ1n) is 9.71. The molecule has 32 heavy (non-hydrogen) atoms. The van der Waals surface area contributed by atoms with Crippen LogP contribution in [0.5, 0.6) is 0 Å². The molecule has 0 fully saturated rings. The zero-order valence-corrected chi connectivity index (χ0v) is 20.2. The van der Waals surface area contributed by atoms with Crippen molar-refractivity contribution in [3.05, 3.63) is 81.5 Å². The van der Waals surface area contributed by atoms with Crippen LogP contribution in [0.3, 0.4) is 0 Å². The van der Waals surface area contributed by atoms with Gasteiger partial charge < -0.3 is 0 Å². The molecule has 0 spiro atoms. The fourth-order valence-corrected chi connectivity index (χ4v) is 6.34. The minimum atomic E-state index is -3.90. The van der Waals surface area contributed by atoms with Crippen LogP contribution in [0, 0.1) is 0 Å². The molecule has 0 radical (unpaired) electrons. The minimum Gasteiger partial charge on any atom is -0.284 e. The molecule has 0 bridgehead atoms. The van der Waals surface area contributed by atoms with Crippen molar-refractivity contribution >= 4 is 54.4 Å². The molecule has 0 saturated heterocycles. The molecule has 0 saturated carbocycles. The molecular weight excluding hydrogens is 490 g/mol. The lowest BCUT2D eigenvalue weighted by Gasteiger charge is -2.22. The smallest absolute Gasteiger partial charge is 0.279 e. The maximum absolute atomic E-state index is 13.4. The number of hydrogen-bond acceptors (Lipinski definition) is 6. The van der Waals surface area contributed by atoms with Gasteiger partial charge in [0.15, 0.2) is 0 Å². The Bertz CT molecular complexity index is 1340. The number of sulfonamides is 2. The first-order chi connectivity index (χ1) is 15.2. The van der Waals surface area contributed by atoms with Crippen molar-refractivity contribution in [1.82, 2.24) is 4.41 Å². The van der Waals surface area contributed by atoms with Crippen LogP contribution in [-0.4, -0.2) is 32.7 Å². The number of halogens is 1. The highest BCUT2D eigenvalue weighted by molar-refractivity contribution is 7.92. The molecule has 0 aliphatic carbocycles. The Morgan fingerprint density at radius 3 is 2.34 bits per heavy atom. The Labute approximate surface area is 196 Å². The third-order valence-electron chi connectivity index (χ3n) is 4.97. The molecule has 1 unspecified atom stereocenters. The number of nitrogens with zero attached hydrogens (tertiary/aromatic N) is 2. The number of benzene rings is 2. The molecule has 1 aliphatic heterocycles. The average Bonchev–Trinajstić information content (AvgIpc) is 3.45. The molecule has 1 atom stereocenters. The van der Waals surface area contributed by atoms with E-state index >= 15 is 0 Å². The van der Waals surface area contributed by atoms with E-state index in [1.54, 1.807) is 31.2 Å². The van der Waals surface area contributed by atoms with Crippen LogP contribution in [0.25, 0.3) is 0 Å². The van der Waals surface area contributed by atoms with E-state index in [0.717, 1.165) is 14.9 Å². The highest BCUT2D eigenvalue weighted by Crippen LogP contribution is 2.39. The summed E-state index contributed by atoms with van der Waals surface area (Å²) in [5.41, 5.74) is 1.76. The maximum Gasteiger partial charge on any atom is 0.279 e. The highest BCUT2D eigenvalue weighted by atomic mass is 35.5. The second kappa shape index (κ2) is 8.86. The first-order valence-corrected chi connectivity index (χ1v) is 14.1. The van der Waals surface area contributed by atoms with Crippen molar-refractivity contribution in [3.63, 3.8) is 0 Å². The molecule has 168 valence electrons. The lowest BCUT2D eigenvalue weighted by Crippen LogP contribution is -2.26. The van der Waals surface area contributed by atoms with E-state index < -0.39 is 26.1 Å². The topological polar surface area (TPSA) is 95.9 Å². The van der Waals surface area contributed by atoms with Crippen molar-refractivity contribution in [2.45, 2.75) is 24.3 Å². The van der Waals surface area contributed by atoms with Crippen molar-refractivity contribution < 1.29 is 16.8 Å². The van der Waals surface area contributed by atoms with Crippen LogP contribution >= 0.6 is 22.9 Å². The zero-order valence-electron chi connectivity index (χ0n) is 17.0. The quantitative estimate of drug-likeness (QED) is 0.499. The monoisotopic (exact) mass is 509 g/mol. The molecule has 2 aromatic carbocycles. The summed E-state index contributed by atoms with van der Waals surface area (Å²) in [6.07, 6.45) is 0.396. The van der Waals surface area contributed by atoms with Gasteiger partial charge in [-0.1, -0.05) is 29.8 Å². The summed E-state index contributed by atoms with van der Waals surface area (Å²) in [6.45, 7) is 1.56. The van der Waals surface area contributed by atoms with Crippen LogP contribution in [-0.2, 0) is 20.0 Å². The molecular formula is C21H20ClN3O4S3. The predicted molar refractivity (Wildman–Crippen MR) is 128 cm³/mol. The van der Waals surface area contributed by atoms with Gasteiger partial charge in [0.2, 0.25) is 10.0 Å². The molecule has 7 nitrogen and oxygen atoms in total. The van der Waals surface area contributed by atoms with Crippen LogP contribution in [0.2, 0.25) is 5.02 Å². The van der Waals surface area contributed by atoms with Crippen molar-refractivity contribution in [1.29, 1.82) is 0 Å². The van der Waals surface area contributed by atoms with Crippen molar-refractivity contribution in [3.8, 4) is 0 Å². The standard InChI is InChI=1S/C21H20ClN3O4S3/c1-2-31(26,27)24-17-9-5-15(6-10-17)19-14-20(21-4-3-13-30-21)25(23-19)32(28,29)18-11-7-16(22)8-12-18/h3-13,20,24H,2,14H2,1H3. The summed E-state index contributed by atoms with van der Waals surface area (Å²) >= 11 is 7.39. The van der Waals surface area contributed by atoms with Crippen molar-refractivity contribution in [2.75, 3.05) is 10.5 Å². The second-order valence-electron chi connectivity index (χ2n) is 7.10. The van der Waals surface area contributed by atoms with E-state index in [2.05, 4.69) is 9.82 Å². The summed E-state index contributed by atoms with van der Waals surface area (Å²) in [7, 11) is -7.29. The minimum absolute atomic E-state index is 0.0263. The van der Waals surface area contributed by atoms with E-state index in [0.29, 0.717) is 22.8 Å². The van der Waals surface area contributed by atoms with Crippen LogP contribution < -0.4 is 4.72 Å². The molecule has 2 heterocycles. The third-order valence-corrected chi connectivity index (χ3v) is 9.20. The normalized spacial score (nSPS) is 16.8. The van der Waals surface area contributed by atoms with Gasteiger partial charge in [-0.05, 0) is 60.3 Å².